The second kappa shape index (κ2) is 6.49. The van der Waals surface area contributed by atoms with E-state index >= 15 is 0 Å². The smallest absolute Gasteiger partial charge is 0.212 e. The van der Waals surface area contributed by atoms with Gasteiger partial charge >= 0.3 is 0 Å². The fourth-order valence-electron chi connectivity index (χ4n) is 1.92. The molecule has 6 heteroatoms. The number of carbonyl (C=O) groups is 1. The summed E-state index contributed by atoms with van der Waals surface area (Å²) in [6.45, 7) is 3.02. The van der Waals surface area contributed by atoms with Gasteiger partial charge in [0.1, 0.15) is 11.5 Å². The van der Waals surface area contributed by atoms with Crippen LogP contribution in [0, 0.1) is 12.7 Å². The third-order valence-electron chi connectivity index (χ3n) is 3.20. The Morgan fingerprint density at radius 2 is 2.14 bits per heavy atom. The third kappa shape index (κ3) is 3.57. The van der Waals surface area contributed by atoms with Crippen LogP contribution >= 0.6 is 15.9 Å². The molecule has 1 aromatic heterocycles. The Hall–Kier alpha value is -1.53. The summed E-state index contributed by atoms with van der Waals surface area (Å²) in [7, 11) is 3.91. The van der Waals surface area contributed by atoms with Gasteiger partial charge in [-0.2, -0.15) is 5.10 Å². The summed E-state index contributed by atoms with van der Waals surface area (Å²) in [6, 6.07) is 4.51. The Morgan fingerprint density at radius 3 is 2.76 bits per heavy atom. The molecule has 4 nitrogen and oxygen atoms in total. The van der Waals surface area contributed by atoms with Crippen molar-refractivity contribution in [2.24, 2.45) is 0 Å². The highest BCUT2D eigenvalue weighted by molar-refractivity contribution is 9.10. The van der Waals surface area contributed by atoms with Crippen LogP contribution in [-0.2, 0) is 6.54 Å². The first-order chi connectivity index (χ1) is 9.90. The van der Waals surface area contributed by atoms with Crippen LogP contribution in [0.25, 0.3) is 0 Å². The van der Waals surface area contributed by atoms with E-state index in [4.69, 9.17) is 0 Å². The number of carbonyl (C=O) groups excluding carboxylic acids is 1. The minimum absolute atomic E-state index is 0.239. The normalized spacial score (nSPS) is 11.1. The largest absolute Gasteiger partial charge is 0.308 e. The Kier molecular flexibility index (Phi) is 4.90. The molecule has 0 bridgehead atoms. The number of hydrogen-bond donors (Lipinski definition) is 0. The first-order valence-electron chi connectivity index (χ1n) is 6.57. The molecule has 21 heavy (non-hydrogen) atoms. The molecule has 1 heterocycles. The van der Waals surface area contributed by atoms with E-state index in [9.17, 15) is 9.18 Å². The van der Waals surface area contributed by atoms with Crippen LogP contribution in [0.4, 0.5) is 4.39 Å². The molecule has 0 N–H and O–H groups in total. The van der Waals surface area contributed by atoms with Gasteiger partial charge in [0.05, 0.1) is 17.2 Å². The summed E-state index contributed by atoms with van der Waals surface area (Å²) in [6.07, 6.45) is 1.59. The molecular formula is C15H17BrFN3O. The van der Waals surface area contributed by atoms with Crippen molar-refractivity contribution >= 4 is 21.7 Å². The van der Waals surface area contributed by atoms with E-state index in [2.05, 4.69) is 21.0 Å². The molecule has 0 spiro atoms. The fourth-order valence-corrected chi connectivity index (χ4v) is 2.40. The van der Waals surface area contributed by atoms with Crippen LogP contribution in [0.3, 0.4) is 0 Å². The number of aromatic nitrogens is 2. The number of halogens is 2. The molecule has 2 rings (SSSR count). The average molecular weight is 354 g/mol. The number of aryl methyl sites for hydroxylation is 1. The van der Waals surface area contributed by atoms with Gasteiger partial charge in [-0.15, -0.1) is 0 Å². The van der Waals surface area contributed by atoms with Gasteiger partial charge < -0.3 is 4.90 Å². The number of rotatable bonds is 5. The quantitative estimate of drug-likeness (QED) is 0.775. The Bertz CT molecular complexity index is 667. The highest BCUT2D eigenvalue weighted by atomic mass is 79.9. The van der Waals surface area contributed by atoms with Gasteiger partial charge in [-0.25, -0.2) is 4.39 Å². The van der Waals surface area contributed by atoms with Crippen molar-refractivity contribution in [3.63, 3.8) is 0 Å². The van der Waals surface area contributed by atoms with Gasteiger partial charge in [-0.1, -0.05) is 12.1 Å². The molecular weight excluding hydrogens is 337 g/mol. The number of likely N-dealkylation sites (N-methyl/N-ethyl adjacent to an activating group) is 1. The molecule has 0 saturated heterocycles. The summed E-state index contributed by atoms with van der Waals surface area (Å²) in [5.41, 5.74) is 1.29. The number of benzene rings is 1. The van der Waals surface area contributed by atoms with Gasteiger partial charge in [-0.05, 0) is 48.6 Å². The molecule has 2 aromatic rings. The van der Waals surface area contributed by atoms with Crippen LogP contribution in [0.5, 0.6) is 0 Å². The molecule has 0 aliphatic rings. The maximum Gasteiger partial charge on any atom is 0.212 e. The summed E-state index contributed by atoms with van der Waals surface area (Å²) < 4.78 is 15.9. The van der Waals surface area contributed by atoms with Crippen molar-refractivity contribution in [1.82, 2.24) is 14.7 Å². The van der Waals surface area contributed by atoms with Crippen LogP contribution < -0.4 is 0 Å². The zero-order chi connectivity index (χ0) is 15.6. The van der Waals surface area contributed by atoms with Crippen LogP contribution in [-0.4, -0.2) is 41.1 Å². The summed E-state index contributed by atoms with van der Waals surface area (Å²) in [4.78, 5) is 14.6. The monoisotopic (exact) mass is 353 g/mol. The Balaban J connectivity index is 2.34. The lowest BCUT2D eigenvalue weighted by Crippen LogP contribution is -2.21. The lowest BCUT2D eigenvalue weighted by atomic mass is 10.1. The van der Waals surface area contributed by atoms with Crippen molar-refractivity contribution in [2.45, 2.75) is 13.5 Å². The SMILES string of the molecule is Cc1ccc(C(=O)c2c(Br)cnn2CCN(C)C)cc1F. The van der Waals surface area contributed by atoms with Crippen molar-refractivity contribution in [3.8, 4) is 0 Å². The van der Waals surface area contributed by atoms with E-state index in [-0.39, 0.29) is 11.6 Å². The predicted molar refractivity (Wildman–Crippen MR) is 83.1 cm³/mol. The summed E-state index contributed by atoms with van der Waals surface area (Å²) in [5, 5.41) is 4.20. The molecule has 0 radical (unpaired) electrons. The predicted octanol–water partition coefficient (Wildman–Crippen LogP) is 2.89. The molecule has 0 amide bonds. The van der Waals surface area contributed by atoms with Crippen LogP contribution in [0.1, 0.15) is 21.6 Å². The zero-order valence-corrected chi connectivity index (χ0v) is 13.8. The van der Waals surface area contributed by atoms with E-state index in [1.807, 2.05) is 19.0 Å². The second-order valence-electron chi connectivity index (χ2n) is 5.16. The number of nitrogens with zero attached hydrogens (tertiary/aromatic N) is 3. The Labute approximate surface area is 131 Å². The molecule has 0 atom stereocenters. The molecule has 0 saturated carbocycles. The Morgan fingerprint density at radius 1 is 1.43 bits per heavy atom. The van der Waals surface area contributed by atoms with Crippen molar-refractivity contribution in [2.75, 3.05) is 20.6 Å². The van der Waals surface area contributed by atoms with Gasteiger partial charge in [0, 0.05) is 12.1 Å². The van der Waals surface area contributed by atoms with Crippen molar-refractivity contribution < 1.29 is 9.18 Å². The van der Waals surface area contributed by atoms with E-state index in [1.165, 1.54) is 6.07 Å². The minimum Gasteiger partial charge on any atom is -0.308 e. The highest BCUT2D eigenvalue weighted by Crippen LogP contribution is 2.21. The lowest BCUT2D eigenvalue weighted by Gasteiger charge is -2.12. The summed E-state index contributed by atoms with van der Waals surface area (Å²) >= 11 is 3.34. The standard InChI is InChI=1S/C15H17BrFN3O/c1-10-4-5-11(8-13(10)17)15(21)14-12(16)9-18-20(14)7-6-19(2)3/h4-5,8-9H,6-7H2,1-3H3. The van der Waals surface area contributed by atoms with E-state index in [1.54, 1.807) is 29.9 Å². The van der Waals surface area contributed by atoms with Crippen molar-refractivity contribution in [3.05, 3.63) is 51.5 Å². The van der Waals surface area contributed by atoms with Crippen LogP contribution in [0.15, 0.2) is 28.9 Å². The van der Waals surface area contributed by atoms with E-state index in [0.29, 0.717) is 27.8 Å². The average Bonchev–Trinajstić information content (AvgIpc) is 2.80. The molecule has 1 aromatic carbocycles. The van der Waals surface area contributed by atoms with Gasteiger partial charge in [-0.3, -0.25) is 9.48 Å². The minimum atomic E-state index is -0.378. The van der Waals surface area contributed by atoms with E-state index < -0.39 is 0 Å². The number of ketones is 1. The third-order valence-corrected chi connectivity index (χ3v) is 3.78. The molecule has 0 fully saturated rings. The van der Waals surface area contributed by atoms with Gasteiger partial charge in [0.2, 0.25) is 5.78 Å². The fraction of sp³-hybridized carbons (Fsp3) is 0.333. The summed E-state index contributed by atoms with van der Waals surface area (Å²) in [5.74, 6) is -0.617. The molecule has 0 unspecified atom stereocenters. The number of hydrogen-bond acceptors (Lipinski definition) is 3. The first-order valence-corrected chi connectivity index (χ1v) is 7.36. The molecule has 0 aliphatic heterocycles. The first kappa shape index (κ1) is 15.9. The van der Waals surface area contributed by atoms with E-state index in [0.717, 1.165) is 6.54 Å². The lowest BCUT2D eigenvalue weighted by molar-refractivity contribution is 0.102. The second-order valence-corrected chi connectivity index (χ2v) is 6.01. The highest BCUT2D eigenvalue weighted by Gasteiger charge is 2.19. The zero-order valence-electron chi connectivity index (χ0n) is 12.2. The van der Waals surface area contributed by atoms with Gasteiger partial charge in [0.25, 0.3) is 0 Å². The van der Waals surface area contributed by atoms with Crippen molar-refractivity contribution in [1.29, 1.82) is 0 Å². The molecule has 0 aliphatic carbocycles. The van der Waals surface area contributed by atoms with Gasteiger partial charge in [0.15, 0.2) is 0 Å². The topological polar surface area (TPSA) is 38.1 Å². The molecule has 112 valence electrons. The maximum absolute atomic E-state index is 13.6. The van der Waals surface area contributed by atoms with Crippen LogP contribution in [0.2, 0.25) is 0 Å². The maximum atomic E-state index is 13.6.